The van der Waals surface area contributed by atoms with Crippen molar-refractivity contribution in [3.05, 3.63) is 138 Å². The number of amides is 2. The van der Waals surface area contributed by atoms with Crippen LogP contribution in [0.2, 0.25) is 0 Å². The van der Waals surface area contributed by atoms with E-state index in [1.165, 1.54) is 12.1 Å². The van der Waals surface area contributed by atoms with Gasteiger partial charge in [0.1, 0.15) is 0 Å². The minimum atomic E-state index is -0.622. The first kappa shape index (κ1) is 40.2. The monoisotopic (exact) mass is 770 g/mol. The number of para-hydroxylation sites is 1. The van der Waals surface area contributed by atoms with E-state index in [0.717, 1.165) is 22.6 Å². The van der Waals surface area contributed by atoms with Gasteiger partial charge in [0.05, 0.1) is 45.5 Å². The molecule has 0 spiro atoms. The predicted octanol–water partition coefficient (Wildman–Crippen LogP) is 7.07. The Balaban J connectivity index is 1.29. The smallest absolute Gasteiger partial charge is 0.280 e. The molecule has 14 heteroatoms. The molecule has 0 saturated heterocycles. The minimum absolute atomic E-state index is 0.00250. The molecule has 6 rings (SSSR count). The number of nitrogens with one attached hydrogen (secondary N) is 3. The highest BCUT2D eigenvalue weighted by Gasteiger charge is 2.27. The van der Waals surface area contributed by atoms with Crippen molar-refractivity contribution in [1.82, 2.24) is 39.5 Å². The molecule has 14 nitrogen and oxygen atoms in total. The average molecular weight is 771 g/mol. The van der Waals surface area contributed by atoms with Crippen molar-refractivity contribution in [2.24, 2.45) is 7.05 Å². The maximum absolute atomic E-state index is 13.9. The van der Waals surface area contributed by atoms with Crippen LogP contribution in [0.4, 0.5) is 11.4 Å². The zero-order valence-electron chi connectivity index (χ0n) is 34.1. The Labute approximate surface area is 331 Å². The van der Waals surface area contributed by atoms with E-state index in [1.807, 2.05) is 110 Å². The highest BCUT2D eigenvalue weighted by Crippen LogP contribution is 2.34. The highest BCUT2D eigenvalue weighted by molar-refractivity contribution is 6.04. The number of hydrogen-bond acceptors (Lipinski definition) is 8. The van der Waals surface area contributed by atoms with Gasteiger partial charge in [-0.15, -0.1) is 0 Å². The lowest BCUT2D eigenvalue weighted by Crippen LogP contribution is -2.27. The molecular weight excluding hydrogens is 721 g/mol. The van der Waals surface area contributed by atoms with Gasteiger partial charge in [-0.25, -0.2) is 9.36 Å². The molecule has 0 saturated carbocycles. The van der Waals surface area contributed by atoms with Crippen molar-refractivity contribution in [1.29, 1.82) is 0 Å². The Morgan fingerprint density at radius 1 is 0.667 bits per heavy atom. The summed E-state index contributed by atoms with van der Waals surface area (Å²) in [5.74, 6) is -1.33. The second-order valence-corrected chi connectivity index (χ2v) is 15.5. The summed E-state index contributed by atoms with van der Waals surface area (Å²) in [5, 5.41) is 27.3. The van der Waals surface area contributed by atoms with Crippen LogP contribution < -0.4 is 21.5 Å². The third-order valence-corrected chi connectivity index (χ3v) is 9.90. The minimum Gasteiger partial charge on any atom is -0.317 e. The lowest BCUT2D eigenvalue weighted by molar-refractivity contribution is 0.101. The number of H-pyrrole nitrogens is 1. The second kappa shape index (κ2) is 16.3. The van der Waals surface area contributed by atoms with Gasteiger partial charge in [-0.2, -0.15) is 20.4 Å². The lowest BCUT2D eigenvalue weighted by Gasteiger charge is -2.16. The molecule has 57 heavy (non-hydrogen) atoms. The molecule has 1 unspecified atom stereocenters. The lowest BCUT2D eigenvalue weighted by atomic mass is 9.95. The summed E-state index contributed by atoms with van der Waals surface area (Å²) in [6.45, 7) is 17.6. The zero-order chi connectivity index (χ0) is 41.3. The maximum atomic E-state index is 13.9. The number of carbonyl (C=O) groups is 2. The first-order chi connectivity index (χ1) is 27.0. The Bertz CT molecular complexity index is 2550. The van der Waals surface area contributed by atoms with E-state index in [2.05, 4.69) is 31.0 Å². The van der Waals surface area contributed by atoms with Gasteiger partial charge in [0.15, 0.2) is 11.4 Å². The molecule has 296 valence electrons. The molecule has 4 heterocycles. The van der Waals surface area contributed by atoms with E-state index in [9.17, 15) is 19.2 Å². The Kier molecular flexibility index (Phi) is 11.5. The zero-order valence-corrected chi connectivity index (χ0v) is 34.1. The van der Waals surface area contributed by atoms with Crippen LogP contribution >= 0.6 is 0 Å². The first-order valence-corrected chi connectivity index (χ1v) is 19.2. The van der Waals surface area contributed by atoms with Gasteiger partial charge in [0, 0.05) is 36.5 Å². The first-order valence-electron chi connectivity index (χ1n) is 19.2. The number of anilines is 2. The van der Waals surface area contributed by atoms with Crippen LogP contribution in [0.5, 0.6) is 0 Å². The fraction of sp³-hybridized carbons (Fsp3) is 0.349. The van der Waals surface area contributed by atoms with Gasteiger partial charge in [-0.1, -0.05) is 78.8 Å². The summed E-state index contributed by atoms with van der Waals surface area (Å²) >= 11 is 0. The van der Waals surface area contributed by atoms with E-state index in [4.69, 9.17) is 5.10 Å². The van der Waals surface area contributed by atoms with Crippen molar-refractivity contribution in [3.8, 4) is 11.4 Å². The molecule has 4 aromatic heterocycles. The number of aryl methyl sites for hydroxylation is 3. The summed E-state index contributed by atoms with van der Waals surface area (Å²) in [4.78, 5) is 53.8. The van der Waals surface area contributed by atoms with Crippen LogP contribution in [-0.2, 0) is 13.5 Å². The van der Waals surface area contributed by atoms with Gasteiger partial charge in [-0.05, 0) is 67.9 Å². The third kappa shape index (κ3) is 8.25. The normalized spacial score (nSPS) is 12.1. The molecule has 0 radical (unpaired) electrons. The van der Waals surface area contributed by atoms with E-state index in [1.54, 1.807) is 27.9 Å². The Morgan fingerprint density at radius 2 is 1.23 bits per heavy atom. The van der Waals surface area contributed by atoms with Crippen molar-refractivity contribution in [2.45, 2.75) is 92.4 Å². The van der Waals surface area contributed by atoms with E-state index in [0.29, 0.717) is 46.3 Å². The summed E-state index contributed by atoms with van der Waals surface area (Å²) in [7, 11) is 1.84. The SMILES string of the molecule is Cc1cc(=O)c(C(=O)Nc2c(C(C)C)n[nH]c2C(C)C)nn1-c1cccc(CC(C)c2nn(C)c(C(C)C)c2NC(=O)c2nn(-c3ccccc3)c(C)cc2=O)c1. The summed E-state index contributed by atoms with van der Waals surface area (Å²) in [5.41, 5.74) is 6.12. The van der Waals surface area contributed by atoms with Crippen molar-refractivity contribution in [3.63, 3.8) is 0 Å². The van der Waals surface area contributed by atoms with Crippen molar-refractivity contribution in [2.75, 3.05) is 10.6 Å². The fourth-order valence-electron chi connectivity index (χ4n) is 7.14. The Hall–Kier alpha value is -6.44. The van der Waals surface area contributed by atoms with Gasteiger partial charge >= 0.3 is 0 Å². The number of hydrogen-bond donors (Lipinski definition) is 3. The molecule has 0 aliphatic heterocycles. The van der Waals surface area contributed by atoms with Gasteiger partial charge in [0.2, 0.25) is 10.9 Å². The fourth-order valence-corrected chi connectivity index (χ4v) is 7.14. The van der Waals surface area contributed by atoms with Crippen LogP contribution in [0.3, 0.4) is 0 Å². The van der Waals surface area contributed by atoms with E-state index in [-0.39, 0.29) is 35.1 Å². The molecular formula is C43H50N10O4. The molecule has 2 aromatic carbocycles. The van der Waals surface area contributed by atoms with Gasteiger partial charge < -0.3 is 10.6 Å². The van der Waals surface area contributed by atoms with Crippen LogP contribution in [0.15, 0.2) is 76.3 Å². The Morgan fingerprint density at radius 3 is 1.79 bits per heavy atom. The van der Waals surface area contributed by atoms with Crippen LogP contribution in [0, 0.1) is 13.8 Å². The molecule has 0 bridgehead atoms. The number of aromatic nitrogens is 8. The number of aromatic amines is 1. The quantitative estimate of drug-likeness (QED) is 0.118. The maximum Gasteiger partial charge on any atom is 0.280 e. The molecule has 0 aliphatic rings. The van der Waals surface area contributed by atoms with Crippen LogP contribution in [-0.4, -0.2) is 51.4 Å². The molecule has 3 N–H and O–H groups in total. The molecule has 2 amide bonds. The van der Waals surface area contributed by atoms with Crippen LogP contribution in [0.1, 0.15) is 133 Å². The molecule has 0 aliphatic carbocycles. The number of rotatable bonds is 12. The third-order valence-electron chi connectivity index (χ3n) is 9.90. The summed E-state index contributed by atoms with van der Waals surface area (Å²) in [6, 6.07) is 19.9. The van der Waals surface area contributed by atoms with Crippen molar-refractivity contribution < 1.29 is 9.59 Å². The van der Waals surface area contributed by atoms with E-state index >= 15 is 0 Å². The summed E-state index contributed by atoms with van der Waals surface area (Å²) in [6.07, 6.45) is 0.526. The topological polar surface area (TPSA) is 174 Å². The van der Waals surface area contributed by atoms with Crippen molar-refractivity contribution >= 4 is 23.2 Å². The van der Waals surface area contributed by atoms with E-state index < -0.39 is 22.7 Å². The molecule has 1 atom stereocenters. The average Bonchev–Trinajstić information content (AvgIpc) is 3.72. The molecule has 0 fully saturated rings. The number of carbonyl (C=O) groups excluding carboxylic acids is 2. The number of benzene rings is 2. The molecule has 6 aromatic rings. The standard InChI is InChI=1S/C43H50N10O4/c1-23(2)34-39(35(24(3)4)47-46-34)44-42(56)37-33(55)21-28(9)53(50-37)31-18-14-15-29(22-31)19-26(7)36-40(41(25(5)6)51(10)48-36)45-43(57)38-32(54)20-27(8)52(49-38)30-16-12-11-13-17-30/h11-18,20-26H,19H2,1-10H3,(H,44,56)(H,45,57)(H,46,47). The van der Waals surface area contributed by atoms with Gasteiger partial charge in [0.25, 0.3) is 11.8 Å². The van der Waals surface area contributed by atoms with Crippen LogP contribution in [0.25, 0.3) is 11.4 Å². The number of nitrogens with zero attached hydrogens (tertiary/aromatic N) is 7. The van der Waals surface area contributed by atoms with Gasteiger partial charge in [-0.3, -0.25) is 29.0 Å². The highest BCUT2D eigenvalue weighted by atomic mass is 16.2. The second-order valence-electron chi connectivity index (χ2n) is 15.5. The largest absolute Gasteiger partial charge is 0.317 e. The summed E-state index contributed by atoms with van der Waals surface area (Å²) < 4.78 is 4.94. The predicted molar refractivity (Wildman–Crippen MR) is 221 cm³/mol.